The summed E-state index contributed by atoms with van der Waals surface area (Å²) in [6.45, 7) is 2.42. The van der Waals surface area contributed by atoms with Gasteiger partial charge in [0.2, 0.25) is 0 Å². The van der Waals surface area contributed by atoms with Gasteiger partial charge in [-0.15, -0.1) is 11.3 Å². The number of anilines is 2. The third kappa shape index (κ3) is 7.27. The summed E-state index contributed by atoms with van der Waals surface area (Å²) in [4.78, 5) is 17.2. The van der Waals surface area contributed by atoms with Crippen LogP contribution in [-0.4, -0.2) is 17.1 Å². The lowest BCUT2D eigenvalue weighted by atomic mass is 10.1. The molecule has 40 heavy (non-hydrogen) atoms. The second-order valence-electron chi connectivity index (χ2n) is 8.91. The Morgan fingerprint density at radius 3 is 2.45 bits per heavy atom. The molecule has 0 fully saturated rings. The second-order valence-corrected chi connectivity index (χ2v) is 10.6. The Kier molecular flexibility index (Phi) is 8.76. The predicted molar refractivity (Wildman–Crippen MR) is 164 cm³/mol. The molecular weight excluding hydrogens is 563 g/mol. The number of hydrazone groups is 1. The summed E-state index contributed by atoms with van der Waals surface area (Å²) in [7, 11) is 0. The van der Waals surface area contributed by atoms with E-state index in [1.165, 1.54) is 23.1 Å². The Labute approximate surface area is 246 Å². The number of nitrogens with one attached hydrogen (secondary N) is 2. The van der Waals surface area contributed by atoms with Crippen molar-refractivity contribution >= 4 is 57.5 Å². The average Bonchev–Trinajstić information content (AvgIpc) is 3.43. The number of ether oxygens (including phenoxy) is 1. The largest absolute Gasteiger partial charge is 0.487 e. The van der Waals surface area contributed by atoms with Crippen molar-refractivity contribution in [3.63, 3.8) is 0 Å². The molecule has 1 amide bonds. The van der Waals surface area contributed by atoms with Crippen LogP contribution in [0.1, 0.15) is 27.0 Å². The highest BCUT2D eigenvalue weighted by Gasteiger charge is 2.09. The molecule has 9 heteroatoms. The number of benzene rings is 4. The summed E-state index contributed by atoms with van der Waals surface area (Å²) in [6.07, 6.45) is 1.53. The highest BCUT2D eigenvalue weighted by Crippen LogP contribution is 2.28. The average molecular weight is 588 g/mol. The number of nitrogens with zero attached hydrogens (tertiary/aromatic N) is 2. The zero-order valence-electron chi connectivity index (χ0n) is 21.4. The molecule has 5 rings (SSSR count). The molecule has 5 aromatic rings. The first-order chi connectivity index (χ1) is 19.4. The first-order valence-corrected chi connectivity index (χ1v) is 14.0. The molecule has 0 saturated heterocycles. The molecule has 200 valence electrons. The molecule has 6 nitrogen and oxygen atoms in total. The Bertz CT molecular complexity index is 1630. The number of carbonyl (C=O) groups excluding carboxylic acids is 1. The SMILES string of the molecule is Cc1ccc(Nc2nc(-c3ccc(C(=O)N/N=C\c4ccc(OCc5ccc(Cl)cc5)c(Cl)c4)cc3)cs2)cc1. The number of hydrogen-bond acceptors (Lipinski definition) is 6. The van der Waals surface area contributed by atoms with E-state index < -0.39 is 0 Å². The first kappa shape index (κ1) is 27.4. The molecule has 0 aliphatic heterocycles. The molecule has 1 heterocycles. The van der Waals surface area contributed by atoms with Gasteiger partial charge in [0.15, 0.2) is 5.13 Å². The number of aromatic nitrogens is 1. The Morgan fingerprint density at radius 1 is 0.975 bits per heavy atom. The molecule has 0 saturated carbocycles. The normalized spacial score (nSPS) is 11.0. The van der Waals surface area contributed by atoms with Crippen LogP contribution in [0.4, 0.5) is 10.8 Å². The quantitative estimate of drug-likeness (QED) is 0.134. The van der Waals surface area contributed by atoms with Crippen molar-refractivity contribution in [1.29, 1.82) is 0 Å². The van der Waals surface area contributed by atoms with Crippen molar-refractivity contribution in [3.05, 3.63) is 129 Å². The van der Waals surface area contributed by atoms with Crippen LogP contribution in [0.25, 0.3) is 11.3 Å². The lowest BCUT2D eigenvalue weighted by molar-refractivity contribution is 0.0955. The minimum absolute atomic E-state index is 0.322. The van der Waals surface area contributed by atoms with Gasteiger partial charge in [0, 0.05) is 27.2 Å². The molecule has 0 atom stereocenters. The maximum absolute atomic E-state index is 12.6. The van der Waals surface area contributed by atoms with Crippen LogP contribution < -0.4 is 15.5 Å². The maximum atomic E-state index is 12.6. The molecule has 2 N–H and O–H groups in total. The highest BCUT2D eigenvalue weighted by molar-refractivity contribution is 7.14. The number of thiazole rings is 1. The van der Waals surface area contributed by atoms with E-state index >= 15 is 0 Å². The van der Waals surface area contributed by atoms with Crippen molar-refractivity contribution in [2.75, 3.05) is 5.32 Å². The van der Waals surface area contributed by atoms with E-state index in [-0.39, 0.29) is 5.91 Å². The minimum Gasteiger partial charge on any atom is -0.487 e. The van der Waals surface area contributed by atoms with E-state index in [9.17, 15) is 4.79 Å². The number of hydrogen-bond donors (Lipinski definition) is 2. The van der Waals surface area contributed by atoms with Crippen LogP contribution in [0.5, 0.6) is 5.75 Å². The van der Waals surface area contributed by atoms with Crippen LogP contribution in [-0.2, 0) is 6.61 Å². The van der Waals surface area contributed by atoms with E-state index in [1.807, 2.05) is 60.0 Å². The van der Waals surface area contributed by atoms with E-state index in [0.29, 0.717) is 28.0 Å². The number of aryl methyl sites for hydroxylation is 1. The Hall–Kier alpha value is -4.17. The van der Waals surface area contributed by atoms with Crippen molar-refractivity contribution in [2.45, 2.75) is 13.5 Å². The number of rotatable bonds is 9. The summed E-state index contributed by atoms with van der Waals surface area (Å²) in [5.74, 6) is 0.230. The van der Waals surface area contributed by atoms with E-state index in [0.717, 1.165) is 33.2 Å². The van der Waals surface area contributed by atoms with Crippen molar-refractivity contribution in [3.8, 4) is 17.0 Å². The van der Waals surface area contributed by atoms with E-state index in [4.69, 9.17) is 27.9 Å². The Balaban J connectivity index is 1.14. The summed E-state index contributed by atoms with van der Waals surface area (Å²) in [5.41, 5.74) is 8.68. The topological polar surface area (TPSA) is 75.6 Å². The van der Waals surface area contributed by atoms with Gasteiger partial charge in [0.05, 0.1) is 16.9 Å². The van der Waals surface area contributed by atoms with Gasteiger partial charge in [-0.1, -0.05) is 65.2 Å². The Morgan fingerprint density at radius 2 is 1.73 bits per heavy atom. The molecule has 0 radical (unpaired) electrons. The summed E-state index contributed by atoms with van der Waals surface area (Å²) < 4.78 is 5.80. The molecule has 0 bridgehead atoms. The monoisotopic (exact) mass is 586 g/mol. The fourth-order valence-electron chi connectivity index (χ4n) is 3.70. The van der Waals surface area contributed by atoms with Gasteiger partial charge in [-0.3, -0.25) is 4.79 Å². The summed E-state index contributed by atoms with van der Waals surface area (Å²) in [5, 5.41) is 11.3. The third-order valence-corrected chi connectivity index (χ3v) is 7.20. The number of halogens is 2. The van der Waals surface area contributed by atoms with Gasteiger partial charge in [0.25, 0.3) is 5.91 Å². The highest BCUT2D eigenvalue weighted by atomic mass is 35.5. The molecule has 0 aliphatic rings. The molecule has 0 unspecified atom stereocenters. The number of carbonyl (C=O) groups is 1. The standard InChI is InChI=1S/C31H24Cl2N4O2S/c1-20-2-13-26(14-3-20)35-31-36-28(19-40-31)23-7-9-24(10-8-23)30(38)37-34-17-22-6-15-29(27(33)16-22)39-18-21-4-11-25(32)12-5-21/h2-17,19H,18H2,1H3,(H,35,36)(H,37,38)/b34-17-. The fraction of sp³-hybridized carbons (Fsp3) is 0.0645. The smallest absolute Gasteiger partial charge is 0.271 e. The minimum atomic E-state index is -0.322. The molecule has 0 aliphatic carbocycles. The van der Waals surface area contributed by atoms with Gasteiger partial charge in [-0.25, -0.2) is 10.4 Å². The van der Waals surface area contributed by atoms with Crippen molar-refractivity contribution < 1.29 is 9.53 Å². The van der Waals surface area contributed by atoms with Gasteiger partial charge in [-0.05, 0) is 72.6 Å². The van der Waals surface area contributed by atoms with E-state index in [1.54, 1.807) is 24.3 Å². The first-order valence-electron chi connectivity index (χ1n) is 12.3. The van der Waals surface area contributed by atoms with Crippen LogP contribution in [0, 0.1) is 6.92 Å². The lowest BCUT2D eigenvalue weighted by Crippen LogP contribution is -2.17. The van der Waals surface area contributed by atoms with Gasteiger partial charge >= 0.3 is 0 Å². The van der Waals surface area contributed by atoms with Crippen molar-refractivity contribution in [2.24, 2.45) is 5.10 Å². The summed E-state index contributed by atoms with van der Waals surface area (Å²) in [6, 6.07) is 28.1. The maximum Gasteiger partial charge on any atom is 0.271 e. The van der Waals surface area contributed by atoms with E-state index in [2.05, 4.69) is 39.9 Å². The lowest BCUT2D eigenvalue weighted by Gasteiger charge is -2.09. The van der Waals surface area contributed by atoms with Gasteiger partial charge in [0.1, 0.15) is 12.4 Å². The zero-order valence-corrected chi connectivity index (χ0v) is 23.7. The third-order valence-electron chi connectivity index (χ3n) is 5.89. The van der Waals surface area contributed by atoms with Crippen LogP contribution >= 0.6 is 34.5 Å². The van der Waals surface area contributed by atoms with Crippen LogP contribution in [0.2, 0.25) is 10.0 Å². The van der Waals surface area contributed by atoms with Crippen molar-refractivity contribution in [1.82, 2.24) is 10.4 Å². The van der Waals surface area contributed by atoms with Crippen LogP contribution in [0.15, 0.2) is 101 Å². The van der Waals surface area contributed by atoms with Gasteiger partial charge < -0.3 is 10.1 Å². The summed E-state index contributed by atoms with van der Waals surface area (Å²) >= 11 is 13.8. The molecule has 1 aromatic heterocycles. The fourth-order valence-corrected chi connectivity index (χ4v) is 4.81. The van der Waals surface area contributed by atoms with Gasteiger partial charge in [-0.2, -0.15) is 5.10 Å². The second kappa shape index (κ2) is 12.8. The molecule has 0 spiro atoms. The molecular formula is C31H24Cl2N4O2S. The number of amides is 1. The zero-order chi connectivity index (χ0) is 27.9. The molecule has 4 aromatic carbocycles. The predicted octanol–water partition coefficient (Wildman–Crippen LogP) is 8.51. The van der Waals surface area contributed by atoms with Crippen LogP contribution in [0.3, 0.4) is 0 Å².